The summed E-state index contributed by atoms with van der Waals surface area (Å²) in [7, 11) is 0. The van der Waals surface area contributed by atoms with Gasteiger partial charge in [0.05, 0.1) is 5.69 Å². The molecule has 2 aromatic carbocycles. The van der Waals surface area contributed by atoms with Crippen LogP contribution < -0.4 is 9.64 Å². The van der Waals surface area contributed by atoms with Crippen LogP contribution in [0.1, 0.15) is 18.4 Å². The normalized spacial score (nSPS) is 17.0. The van der Waals surface area contributed by atoms with Gasteiger partial charge in [0, 0.05) is 45.7 Å². The van der Waals surface area contributed by atoms with E-state index in [0.717, 1.165) is 44.2 Å². The van der Waals surface area contributed by atoms with Crippen molar-refractivity contribution in [2.45, 2.75) is 12.8 Å². The minimum atomic E-state index is -0.0525. The molecule has 2 aliphatic heterocycles. The number of benzene rings is 2. The lowest BCUT2D eigenvalue weighted by Crippen LogP contribution is -2.48. The van der Waals surface area contributed by atoms with Crippen LogP contribution in [0.25, 0.3) is 6.08 Å². The largest absolute Gasteiger partial charge is 0.482 e. The molecule has 0 atom stereocenters. The van der Waals surface area contributed by atoms with E-state index in [0.29, 0.717) is 19.4 Å². The Morgan fingerprint density at radius 2 is 1.71 bits per heavy atom. The van der Waals surface area contributed by atoms with Crippen molar-refractivity contribution in [1.82, 2.24) is 9.80 Å². The number of ether oxygens (including phenoxy) is 1. The van der Waals surface area contributed by atoms with Crippen molar-refractivity contribution in [3.63, 3.8) is 0 Å². The van der Waals surface area contributed by atoms with E-state index >= 15 is 0 Å². The fourth-order valence-electron chi connectivity index (χ4n) is 4.03. The molecule has 2 aromatic rings. The van der Waals surface area contributed by atoms with Crippen LogP contribution in [0.2, 0.25) is 0 Å². The lowest BCUT2D eigenvalue weighted by atomic mass is 10.2. The molecular formula is C25H29N3O3. The highest BCUT2D eigenvalue weighted by molar-refractivity contribution is 5.97. The Labute approximate surface area is 183 Å². The first-order valence-corrected chi connectivity index (χ1v) is 10.9. The molecular weight excluding hydrogens is 390 g/mol. The van der Waals surface area contributed by atoms with E-state index in [-0.39, 0.29) is 18.4 Å². The lowest BCUT2D eigenvalue weighted by molar-refractivity contribution is -0.133. The number of para-hydroxylation sites is 2. The second-order valence-electron chi connectivity index (χ2n) is 7.90. The molecule has 0 bridgehead atoms. The molecule has 0 radical (unpaired) electrons. The molecule has 1 saturated heterocycles. The molecule has 2 amide bonds. The zero-order valence-corrected chi connectivity index (χ0v) is 17.8. The van der Waals surface area contributed by atoms with Crippen molar-refractivity contribution in [3.8, 4) is 5.75 Å². The Morgan fingerprint density at radius 1 is 0.968 bits per heavy atom. The summed E-state index contributed by atoms with van der Waals surface area (Å²) in [5, 5.41) is 0. The lowest BCUT2D eigenvalue weighted by Gasteiger charge is -2.34. The van der Waals surface area contributed by atoms with Crippen molar-refractivity contribution in [2.75, 3.05) is 50.8 Å². The SMILES string of the molecule is O=C(CCCN1C(=O)COc2ccccc21)N1CCN(CC=Cc2ccccc2)CC1. The van der Waals surface area contributed by atoms with E-state index in [1.807, 2.05) is 47.4 Å². The van der Waals surface area contributed by atoms with Crippen molar-refractivity contribution in [3.05, 3.63) is 66.2 Å². The van der Waals surface area contributed by atoms with Gasteiger partial charge in [-0.3, -0.25) is 14.5 Å². The number of anilines is 1. The Bertz CT molecular complexity index is 921. The van der Waals surface area contributed by atoms with Gasteiger partial charge in [0.25, 0.3) is 5.91 Å². The van der Waals surface area contributed by atoms with E-state index in [4.69, 9.17) is 4.74 Å². The highest BCUT2D eigenvalue weighted by Gasteiger charge is 2.25. The number of amides is 2. The molecule has 0 saturated carbocycles. The molecule has 6 nitrogen and oxygen atoms in total. The van der Waals surface area contributed by atoms with E-state index in [9.17, 15) is 9.59 Å². The minimum absolute atomic E-state index is 0.0525. The maximum absolute atomic E-state index is 12.6. The first-order valence-electron chi connectivity index (χ1n) is 10.9. The van der Waals surface area contributed by atoms with Crippen molar-refractivity contribution in [2.24, 2.45) is 0 Å². The summed E-state index contributed by atoms with van der Waals surface area (Å²) in [5.74, 6) is 0.850. The summed E-state index contributed by atoms with van der Waals surface area (Å²) in [6.07, 6.45) is 5.44. The monoisotopic (exact) mass is 419 g/mol. The third kappa shape index (κ3) is 5.52. The Kier molecular flexibility index (Phi) is 6.99. The average molecular weight is 420 g/mol. The smallest absolute Gasteiger partial charge is 0.265 e. The summed E-state index contributed by atoms with van der Waals surface area (Å²) < 4.78 is 5.48. The van der Waals surface area contributed by atoms with Crippen LogP contribution in [0.4, 0.5) is 5.69 Å². The maximum Gasteiger partial charge on any atom is 0.265 e. The van der Waals surface area contributed by atoms with Gasteiger partial charge >= 0.3 is 0 Å². The highest BCUT2D eigenvalue weighted by Crippen LogP contribution is 2.31. The molecule has 0 aromatic heterocycles. The van der Waals surface area contributed by atoms with Gasteiger partial charge in [0.15, 0.2) is 6.61 Å². The molecule has 31 heavy (non-hydrogen) atoms. The second-order valence-corrected chi connectivity index (χ2v) is 7.90. The van der Waals surface area contributed by atoms with Gasteiger partial charge in [-0.2, -0.15) is 0 Å². The Balaban J connectivity index is 1.19. The summed E-state index contributed by atoms with van der Waals surface area (Å²) in [4.78, 5) is 30.9. The molecule has 162 valence electrons. The molecule has 0 unspecified atom stereocenters. The van der Waals surface area contributed by atoms with Crippen LogP contribution in [-0.4, -0.2) is 67.5 Å². The molecule has 1 fully saturated rings. The van der Waals surface area contributed by atoms with Crippen molar-refractivity contribution >= 4 is 23.6 Å². The predicted octanol–water partition coefficient (Wildman–Crippen LogP) is 3.05. The molecule has 6 heteroatoms. The number of nitrogens with zero attached hydrogens (tertiary/aromatic N) is 3. The van der Waals surface area contributed by atoms with Gasteiger partial charge in [0.2, 0.25) is 5.91 Å². The number of hydrogen-bond acceptors (Lipinski definition) is 4. The van der Waals surface area contributed by atoms with Crippen molar-refractivity contribution in [1.29, 1.82) is 0 Å². The standard InChI is InChI=1S/C25H29N3O3/c29-24(13-7-15-28-22-11-4-5-12-23(22)31-20-25(28)30)27-18-16-26(17-19-27)14-6-10-21-8-2-1-3-9-21/h1-6,8-12H,7,13-20H2. The molecule has 0 aliphatic carbocycles. The zero-order chi connectivity index (χ0) is 21.5. The van der Waals surface area contributed by atoms with E-state index in [1.165, 1.54) is 5.56 Å². The Morgan fingerprint density at radius 3 is 2.52 bits per heavy atom. The highest BCUT2D eigenvalue weighted by atomic mass is 16.5. The summed E-state index contributed by atoms with van der Waals surface area (Å²) in [5.41, 5.74) is 2.00. The van der Waals surface area contributed by atoms with Crippen LogP contribution in [0.3, 0.4) is 0 Å². The molecule has 2 aliphatic rings. The van der Waals surface area contributed by atoms with E-state index in [2.05, 4.69) is 29.2 Å². The van der Waals surface area contributed by atoms with Gasteiger partial charge in [-0.05, 0) is 24.1 Å². The van der Waals surface area contributed by atoms with Crippen LogP contribution >= 0.6 is 0 Å². The number of carbonyl (C=O) groups is 2. The Hall–Kier alpha value is -3.12. The molecule has 4 rings (SSSR count). The van der Waals surface area contributed by atoms with Gasteiger partial charge in [-0.1, -0.05) is 54.6 Å². The maximum atomic E-state index is 12.6. The third-order valence-corrected chi connectivity index (χ3v) is 5.78. The summed E-state index contributed by atoms with van der Waals surface area (Å²) in [6.45, 7) is 4.80. The van der Waals surface area contributed by atoms with Crippen LogP contribution in [0.15, 0.2) is 60.7 Å². The molecule has 0 N–H and O–H groups in total. The minimum Gasteiger partial charge on any atom is -0.482 e. The summed E-state index contributed by atoms with van der Waals surface area (Å²) in [6, 6.07) is 17.8. The number of carbonyl (C=O) groups excluding carboxylic acids is 2. The van der Waals surface area contributed by atoms with E-state index in [1.54, 1.807) is 4.90 Å². The fourth-order valence-corrected chi connectivity index (χ4v) is 4.03. The van der Waals surface area contributed by atoms with Gasteiger partial charge < -0.3 is 14.5 Å². The van der Waals surface area contributed by atoms with Crippen LogP contribution in [0.5, 0.6) is 5.75 Å². The van der Waals surface area contributed by atoms with Gasteiger partial charge in [-0.15, -0.1) is 0 Å². The third-order valence-electron chi connectivity index (χ3n) is 5.78. The fraction of sp³-hybridized carbons (Fsp3) is 0.360. The van der Waals surface area contributed by atoms with Crippen molar-refractivity contribution < 1.29 is 14.3 Å². The topological polar surface area (TPSA) is 53.1 Å². The van der Waals surface area contributed by atoms with Crippen LogP contribution in [-0.2, 0) is 9.59 Å². The predicted molar refractivity (Wildman–Crippen MR) is 122 cm³/mol. The van der Waals surface area contributed by atoms with E-state index < -0.39 is 0 Å². The average Bonchev–Trinajstić information content (AvgIpc) is 2.81. The van der Waals surface area contributed by atoms with Gasteiger partial charge in [-0.25, -0.2) is 0 Å². The summed E-state index contributed by atoms with van der Waals surface area (Å²) >= 11 is 0. The zero-order valence-electron chi connectivity index (χ0n) is 17.8. The quantitative estimate of drug-likeness (QED) is 0.692. The number of hydrogen-bond donors (Lipinski definition) is 0. The number of fused-ring (bicyclic) bond motifs is 1. The number of piperazine rings is 1. The molecule has 0 spiro atoms. The second kappa shape index (κ2) is 10.3. The number of rotatable bonds is 7. The van der Waals surface area contributed by atoms with Gasteiger partial charge in [0.1, 0.15) is 5.75 Å². The first-order chi connectivity index (χ1) is 15.2. The first kappa shape index (κ1) is 21.1. The molecule has 2 heterocycles. The van der Waals surface area contributed by atoms with Crippen LogP contribution in [0, 0.1) is 0 Å².